The third-order valence-corrected chi connectivity index (χ3v) is 6.84. The summed E-state index contributed by atoms with van der Waals surface area (Å²) in [5.74, 6) is -2.02. The van der Waals surface area contributed by atoms with Gasteiger partial charge < -0.3 is 10.1 Å². The van der Waals surface area contributed by atoms with Crippen LogP contribution in [0.4, 0.5) is 5.00 Å². The van der Waals surface area contributed by atoms with E-state index in [4.69, 9.17) is 4.74 Å². The third kappa shape index (κ3) is 4.95. The molecule has 0 aliphatic heterocycles. The molecule has 1 heterocycles. The lowest BCUT2D eigenvalue weighted by molar-refractivity contribution is -0.113. The van der Waals surface area contributed by atoms with Gasteiger partial charge in [-0.15, -0.1) is 11.3 Å². The second-order valence-corrected chi connectivity index (χ2v) is 9.43. The molecular weight excluding hydrogens is 422 g/mol. The van der Waals surface area contributed by atoms with Gasteiger partial charge in [0.05, 0.1) is 11.5 Å². The van der Waals surface area contributed by atoms with Crippen LogP contribution >= 0.6 is 11.3 Å². The Morgan fingerprint density at radius 1 is 1.03 bits per heavy atom. The number of anilines is 1. The van der Waals surface area contributed by atoms with Crippen molar-refractivity contribution in [3.8, 4) is 11.1 Å². The number of nitrogens with one attached hydrogen (secondary N) is 1. The standard InChI is InChI=1S/C22H21NO5S2/c1-3-28-22(25)20-18(16-7-5-4-6-8-16)13-29-21(20)23-19(24)14-30(26,27)17-11-9-15(2)10-12-17/h4-13H,3,14H2,1-2H3,(H,23,24). The minimum atomic E-state index is -3.81. The quantitative estimate of drug-likeness (QED) is 0.550. The number of hydrogen-bond acceptors (Lipinski definition) is 6. The Balaban J connectivity index is 1.87. The van der Waals surface area contributed by atoms with Crippen LogP contribution in [-0.4, -0.2) is 32.7 Å². The summed E-state index contributed by atoms with van der Waals surface area (Å²) in [5.41, 5.74) is 2.55. The van der Waals surface area contributed by atoms with E-state index in [0.29, 0.717) is 5.56 Å². The van der Waals surface area contributed by atoms with E-state index in [0.717, 1.165) is 22.5 Å². The Morgan fingerprint density at radius 2 is 1.70 bits per heavy atom. The van der Waals surface area contributed by atoms with Gasteiger partial charge in [0, 0.05) is 10.9 Å². The number of aryl methyl sites for hydroxylation is 1. The number of amides is 1. The first-order chi connectivity index (χ1) is 14.3. The average molecular weight is 444 g/mol. The molecule has 0 atom stereocenters. The Hall–Kier alpha value is -2.97. The smallest absolute Gasteiger partial charge is 0.341 e. The number of ether oxygens (including phenoxy) is 1. The zero-order valence-electron chi connectivity index (χ0n) is 16.5. The summed E-state index contributed by atoms with van der Waals surface area (Å²) in [6, 6.07) is 15.5. The SMILES string of the molecule is CCOC(=O)c1c(-c2ccccc2)csc1NC(=O)CS(=O)(=O)c1ccc(C)cc1. The Morgan fingerprint density at radius 3 is 2.33 bits per heavy atom. The van der Waals surface area contributed by atoms with Crippen molar-refractivity contribution in [2.75, 3.05) is 17.7 Å². The van der Waals surface area contributed by atoms with Crippen LogP contribution in [0.1, 0.15) is 22.8 Å². The largest absolute Gasteiger partial charge is 0.462 e. The van der Waals surface area contributed by atoms with Crippen LogP contribution in [0.5, 0.6) is 0 Å². The molecule has 1 aromatic heterocycles. The first-order valence-electron chi connectivity index (χ1n) is 9.25. The fourth-order valence-electron chi connectivity index (χ4n) is 2.85. The lowest BCUT2D eigenvalue weighted by atomic mass is 10.0. The molecule has 0 fully saturated rings. The Bertz CT molecular complexity index is 1150. The van der Waals surface area contributed by atoms with Gasteiger partial charge >= 0.3 is 5.97 Å². The summed E-state index contributed by atoms with van der Waals surface area (Å²) in [4.78, 5) is 25.1. The molecule has 1 amide bonds. The summed E-state index contributed by atoms with van der Waals surface area (Å²) >= 11 is 1.15. The van der Waals surface area contributed by atoms with Crippen LogP contribution in [0, 0.1) is 6.92 Å². The van der Waals surface area contributed by atoms with Gasteiger partial charge in [-0.3, -0.25) is 4.79 Å². The second-order valence-electron chi connectivity index (χ2n) is 6.56. The summed E-state index contributed by atoms with van der Waals surface area (Å²) in [6.45, 7) is 3.72. The molecule has 2 aromatic carbocycles. The van der Waals surface area contributed by atoms with E-state index in [9.17, 15) is 18.0 Å². The van der Waals surface area contributed by atoms with E-state index >= 15 is 0 Å². The first kappa shape index (κ1) is 21.7. The maximum Gasteiger partial charge on any atom is 0.341 e. The van der Waals surface area contributed by atoms with Crippen molar-refractivity contribution in [3.63, 3.8) is 0 Å². The van der Waals surface area contributed by atoms with Crippen LogP contribution in [0.3, 0.4) is 0 Å². The lowest BCUT2D eigenvalue weighted by Crippen LogP contribution is -2.23. The van der Waals surface area contributed by atoms with E-state index in [1.54, 1.807) is 24.4 Å². The molecule has 0 saturated heterocycles. The lowest BCUT2D eigenvalue weighted by Gasteiger charge is -2.09. The van der Waals surface area contributed by atoms with Gasteiger partial charge in [0.1, 0.15) is 16.3 Å². The van der Waals surface area contributed by atoms with Crippen molar-refractivity contribution in [2.24, 2.45) is 0 Å². The number of carbonyl (C=O) groups is 2. The minimum absolute atomic E-state index is 0.0741. The number of rotatable bonds is 7. The summed E-state index contributed by atoms with van der Waals surface area (Å²) in [6.07, 6.45) is 0. The van der Waals surface area contributed by atoms with E-state index in [-0.39, 0.29) is 22.1 Å². The molecule has 156 valence electrons. The summed E-state index contributed by atoms with van der Waals surface area (Å²) < 4.78 is 30.2. The molecule has 0 aliphatic carbocycles. The van der Waals surface area contributed by atoms with Crippen molar-refractivity contribution < 1.29 is 22.7 Å². The van der Waals surface area contributed by atoms with Crippen molar-refractivity contribution in [2.45, 2.75) is 18.7 Å². The molecule has 0 saturated carbocycles. The molecule has 0 radical (unpaired) electrons. The Kier molecular flexibility index (Phi) is 6.69. The molecule has 6 nitrogen and oxygen atoms in total. The zero-order chi connectivity index (χ0) is 21.7. The monoisotopic (exact) mass is 443 g/mol. The van der Waals surface area contributed by atoms with Crippen LogP contribution < -0.4 is 5.32 Å². The number of carbonyl (C=O) groups excluding carboxylic acids is 2. The number of thiophene rings is 1. The Labute approximate surface area is 179 Å². The van der Waals surface area contributed by atoms with Gasteiger partial charge in [0.25, 0.3) is 0 Å². The normalized spacial score (nSPS) is 11.1. The van der Waals surface area contributed by atoms with Crippen molar-refractivity contribution in [3.05, 3.63) is 71.1 Å². The highest BCUT2D eigenvalue weighted by molar-refractivity contribution is 7.92. The molecule has 3 aromatic rings. The van der Waals surface area contributed by atoms with Gasteiger partial charge in [-0.05, 0) is 31.5 Å². The highest BCUT2D eigenvalue weighted by Gasteiger charge is 2.25. The van der Waals surface area contributed by atoms with Gasteiger partial charge in [-0.25, -0.2) is 13.2 Å². The number of esters is 1. The molecule has 8 heteroatoms. The van der Waals surface area contributed by atoms with Crippen LogP contribution in [0.25, 0.3) is 11.1 Å². The third-order valence-electron chi connectivity index (χ3n) is 4.31. The van der Waals surface area contributed by atoms with Crippen LogP contribution in [0.2, 0.25) is 0 Å². The van der Waals surface area contributed by atoms with E-state index in [1.165, 1.54) is 12.1 Å². The number of sulfone groups is 1. The molecule has 0 bridgehead atoms. The zero-order valence-corrected chi connectivity index (χ0v) is 18.2. The van der Waals surface area contributed by atoms with Gasteiger partial charge in [0.15, 0.2) is 9.84 Å². The van der Waals surface area contributed by atoms with E-state index in [2.05, 4.69) is 5.32 Å². The van der Waals surface area contributed by atoms with Crippen molar-refractivity contribution in [1.82, 2.24) is 0 Å². The molecule has 1 N–H and O–H groups in total. The summed E-state index contributed by atoms with van der Waals surface area (Å²) in [7, 11) is -3.81. The molecular formula is C22H21NO5S2. The molecule has 0 aliphatic rings. The minimum Gasteiger partial charge on any atom is -0.462 e. The number of hydrogen-bond donors (Lipinski definition) is 1. The topological polar surface area (TPSA) is 89.5 Å². The fraction of sp³-hybridized carbons (Fsp3) is 0.182. The second kappa shape index (κ2) is 9.23. The predicted octanol–water partition coefficient (Wildman–Crippen LogP) is 4.31. The molecule has 0 spiro atoms. The van der Waals surface area contributed by atoms with Gasteiger partial charge in [-0.1, -0.05) is 48.0 Å². The van der Waals surface area contributed by atoms with Crippen molar-refractivity contribution >= 4 is 38.1 Å². The highest BCUT2D eigenvalue weighted by Crippen LogP contribution is 2.36. The number of benzene rings is 2. The predicted molar refractivity (Wildman–Crippen MR) is 118 cm³/mol. The van der Waals surface area contributed by atoms with E-state index < -0.39 is 27.5 Å². The highest BCUT2D eigenvalue weighted by atomic mass is 32.2. The van der Waals surface area contributed by atoms with Crippen molar-refractivity contribution in [1.29, 1.82) is 0 Å². The summed E-state index contributed by atoms with van der Waals surface area (Å²) in [5, 5.41) is 4.58. The van der Waals surface area contributed by atoms with Crippen LogP contribution in [-0.2, 0) is 19.4 Å². The molecule has 0 unspecified atom stereocenters. The van der Waals surface area contributed by atoms with Gasteiger partial charge in [0.2, 0.25) is 5.91 Å². The van der Waals surface area contributed by atoms with Crippen LogP contribution in [0.15, 0.2) is 64.9 Å². The average Bonchev–Trinajstić information content (AvgIpc) is 3.12. The van der Waals surface area contributed by atoms with E-state index in [1.807, 2.05) is 37.3 Å². The maximum absolute atomic E-state index is 12.6. The fourth-order valence-corrected chi connectivity index (χ4v) is 4.96. The molecule has 30 heavy (non-hydrogen) atoms. The maximum atomic E-state index is 12.6. The molecule has 3 rings (SSSR count). The first-order valence-corrected chi connectivity index (χ1v) is 11.8. The van der Waals surface area contributed by atoms with Gasteiger partial charge in [-0.2, -0.15) is 0 Å².